The average Bonchev–Trinajstić information content (AvgIpc) is 2.95. The van der Waals surface area contributed by atoms with E-state index in [9.17, 15) is 18.0 Å². The Labute approximate surface area is 252 Å². The molecule has 1 N–H and O–H groups in total. The van der Waals surface area contributed by atoms with E-state index in [0.717, 1.165) is 9.87 Å². The van der Waals surface area contributed by atoms with E-state index in [-0.39, 0.29) is 29.1 Å². The summed E-state index contributed by atoms with van der Waals surface area (Å²) < 4.78 is 34.1. The number of hydrogen-bond donors (Lipinski definition) is 1. The quantitative estimate of drug-likeness (QED) is 0.275. The number of halogens is 2. The number of rotatable bonds is 12. The zero-order valence-electron chi connectivity index (χ0n) is 23.7. The number of methoxy groups -OCH3 is 1. The van der Waals surface area contributed by atoms with Crippen molar-refractivity contribution in [3.05, 3.63) is 87.9 Å². The molecule has 0 saturated carbocycles. The number of benzene rings is 3. The van der Waals surface area contributed by atoms with E-state index in [1.165, 1.54) is 24.1 Å². The molecule has 0 unspecified atom stereocenters. The molecule has 3 aromatic rings. The highest BCUT2D eigenvalue weighted by Crippen LogP contribution is 2.29. The van der Waals surface area contributed by atoms with Gasteiger partial charge in [-0.3, -0.25) is 13.9 Å². The van der Waals surface area contributed by atoms with E-state index in [4.69, 9.17) is 27.9 Å². The number of nitrogens with zero attached hydrogens (tertiary/aromatic N) is 2. The van der Waals surface area contributed by atoms with E-state index in [1.54, 1.807) is 61.5 Å². The standard InChI is InChI=1S/C30H35Cl2N3O5S/c1-6-21(3)33-30(37)22(4)34(18-26-27(31)8-7-9-28(26)32)29(36)19-35(23-12-14-24(40-5)15-13-23)41(38,39)25-16-10-20(2)11-17-25/h7-17,21-22H,6,18-19H2,1-5H3,(H,33,37)/t21-,22+/m1/s1. The first-order valence-corrected chi connectivity index (χ1v) is 15.3. The summed E-state index contributed by atoms with van der Waals surface area (Å²) in [5, 5.41) is 3.54. The van der Waals surface area contributed by atoms with Gasteiger partial charge in [0.2, 0.25) is 11.8 Å². The van der Waals surface area contributed by atoms with Gasteiger partial charge in [-0.05, 0) is 75.7 Å². The van der Waals surface area contributed by atoms with Crippen molar-refractivity contribution in [3.8, 4) is 5.75 Å². The number of amides is 2. The van der Waals surface area contributed by atoms with Crippen molar-refractivity contribution < 1.29 is 22.7 Å². The molecule has 11 heteroatoms. The van der Waals surface area contributed by atoms with Gasteiger partial charge >= 0.3 is 0 Å². The van der Waals surface area contributed by atoms with Gasteiger partial charge in [-0.15, -0.1) is 0 Å². The third-order valence-corrected chi connectivity index (χ3v) is 9.30. The summed E-state index contributed by atoms with van der Waals surface area (Å²) in [6, 6.07) is 16.6. The second kappa shape index (κ2) is 14.1. The molecule has 0 aromatic heterocycles. The monoisotopic (exact) mass is 619 g/mol. The maximum absolute atomic E-state index is 14.0. The summed E-state index contributed by atoms with van der Waals surface area (Å²) in [5.74, 6) is -0.467. The lowest BCUT2D eigenvalue weighted by molar-refractivity contribution is -0.139. The van der Waals surface area contributed by atoms with Crippen LogP contribution in [0.1, 0.15) is 38.3 Å². The van der Waals surface area contributed by atoms with Crippen molar-refractivity contribution in [1.29, 1.82) is 0 Å². The van der Waals surface area contributed by atoms with Gasteiger partial charge in [0, 0.05) is 28.2 Å². The Morgan fingerprint density at radius 2 is 1.54 bits per heavy atom. The van der Waals surface area contributed by atoms with Crippen LogP contribution in [0.2, 0.25) is 10.0 Å². The van der Waals surface area contributed by atoms with Crippen LogP contribution in [0.15, 0.2) is 71.6 Å². The normalized spacial score (nSPS) is 12.8. The molecule has 2 amide bonds. The molecule has 0 aliphatic carbocycles. The van der Waals surface area contributed by atoms with Gasteiger partial charge in [0.05, 0.1) is 17.7 Å². The Bertz CT molecular complexity index is 1440. The SMILES string of the molecule is CC[C@@H](C)NC(=O)[C@H](C)N(Cc1c(Cl)cccc1Cl)C(=O)CN(c1ccc(OC)cc1)S(=O)(=O)c1ccc(C)cc1. The maximum Gasteiger partial charge on any atom is 0.264 e. The highest BCUT2D eigenvalue weighted by molar-refractivity contribution is 7.92. The topological polar surface area (TPSA) is 96.0 Å². The van der Waals surface area contributed by atoms with E-state index < -0.39 is 28.5 Å². The zero-order chi connectivity index (χ0) is 30.3. The summed E-state index contributed by atoms with van der Waals surface area (Å²) >= 11 is 12.8. The molecule has 0 saturated heterocycles. The van der Waals surface area contributed by atoms with Crippen LogP contribution in [0, 0.1) is 6.92 Å². The van der Waals surface area contributed by atoms with Gasteiger partial charge in [-0.25, -0.2) is 8.42 Å². The Balaban J connectivity index is 2.07. The number of sulfonamides is 1. The number of carbonyl (C=O) groups is 2. The first-order chi connectivity index (χ1) is 19.4. The fraction of sp³-hybridized carbons (Fsp3) is 0.333. The lowest BCUT2D eigenvalue weighted by Crippen LogP contribution is -2.52. The molecule has 3 aromatic carbocycles. The molecule has 0 heterocycles. The molecular weight excluding hydrogens is 585 g/mol. The Morgan fingerprint density at radius 1 is 0.951 bits per heavy atom. The molecular formula is C30H35Cl2N3O5S. The fourth-order valence-electron chi connectivity index (χ4n) is 4.02. The van der Waals surface area contributed by atoms with E-state index in [2.05, 4.69) is 5.32 Å². The number of anilines is 1. The second-order valence-corrected chi connectivity index (χ2v) is 12.4. The van der Waals surface area contributed by atoms with Gasteiger partial charge in [0.15, 0.2) is 0 Å². The van der Waals surface area contributed by atoms with Crippen LogP contribution >= 0.6 is 23.2 Å². The molecule has 0 bridgehead atoms. The Hall–Kier alpha value is -3.27. The molecule has 220 valence electrons. The van der Waals surface area contributed by atoms with Gasteiger partial charge in [-0.1, -0.05) is 53.9 Å². The number of carbonyl (C=O) groups excluding carboxylic acids is 2. The summed E-state index contributed by atoms with van der Waals surface area (Å²) in [4.78, 5) is 28.5. The summed E-state index contributed by atoms with van der Waals surface area (Å²) in [6.45, 7) is 6.56. The molecule has 0 aliphatic rings. The van der Waals surface area contributed by atoms with Gasteiger partial charge in [0.1, 0.15) is 18.3 Å². The number of ether oxygens (including phenoxy) is 1. The van der Waals surface area contributed by atoms with Crippen LogP contribution in [0.5, 0.6) is 5.75 Å². The first-order valence-electron chi connectivity index (χ1n) is 13.1. The minimum Gasteiger partial charge on any atom is -0.497 e. The highest BCUT2D eigenvalue weighted by Gasteiger charge is 2.33. The smallest absolute Gasteiger partial charge is 0.264 e. The molecule has 8 nitrogen and oxygen atoms in total. The van der Waals surface area contributed by atoms with Crippen molar-refractivity contribution >= 4 is 50.7 Å². The van der Waals surface area contributed by atoms with Crippen molar-refractivity contribution in [1.82, 2.24) is 10.2 Å². The molecule has 3 rings (SSSR count). The van der Waals surface area contributed by atoms with E-state index in [0.29, 0.717) is 27.8 Å². The van der Waals surface area contributed by atoms with Crippen LogP contribution in [0.4, 0.5) is 5.69 Å². The number of aryl methyl sites for hydroxylation is 1. The van der Waals surface area contributed by atoms with E-state index >= 15 is 0 Å². The molecule has 0 aliphatic heterocycles. The van der Waals surface area contributed by atoms with Crippen molar-refractivity contribution in [3.63, 3.8) is 0 Å². The maximum atomic E-state index is 14.0. The summed E-state index contributed by atoms with van der Waals surface area (Å²) in [5.41, 5.74) is 1.59. The minimum atomic E-state index is -4.18. The summed E-state index contributed by atoms with van der Waals surface area (Å²) in [7, 11) is -2.68. The highest BCUT2D eigenvalue weighted by atomic mass is 35.5. The van der Waals surface area contributed by atoms with Gasteiger partial charge in [-0.2, -0.15) is 0 Å². The molecule has 0 radical (unpaired) electrons. The molecule has 41 heavy (non-hydrogen) atoms. The zero-order valence-corrected chi connectivity index (χ0v) is 26.1. The van der Waals surface area contributed by atoms with Crippen molar-refractivity contribution in [2.24, 2.45) is 0 Å². The van der Waals surface area contributed by atoms with E-state index in [1.807, 2.05) is 20.8 Å². The van der Waals surface area contributed by atoms with Gasteiger partial charge < -0.3 is 15.0 Å². The van der Waals surface area contributed by atoms with Crippen LogP contribution in [0.3, 0.4) is 0 Å². The number of nitrogens with one attached hydrogen (secondary N) is 1. The lowest BCUT2D eigenvalue weighted by atomic mass is 10.1. The van der Waals surface area contributed by atoms with Crippen molar-refractivity contribution in [2.45, 2.75) is 57.6 Å². The molecule has 0 fully saturated rings. The molecule has 2 atom stereocenters. The Kier molecular flexibility index (Phi) is 11.1. The van der Waals surface area contributed by atoms with Crippen LogP contribution in [-0.2, 0) is 26.2 Å². The van der Waals surface area contributed by atoms with Crippen LogP contribution in [0.25, 0.3) is 0 Å². The lowest BCUT2D eigenvalue weighted by Gasteiger charge is -2.33. The third-order valence-electron chi connectivity index (χ3n) is 6.81. The minimum absolute atomic E-state index is 0.0231. The average molecular weight is 621 g/mol. The predicted octanol–water partition coefficient (Wildman–Crippen LogP) is 5.84. The summed E-state index contributed by atoms with van der Waals surface area (Å²) in [6.07, 6.45) is 0.697. The number of hydrogen-bond acceptors (Lipinski definition) is 5. The fourth-order valence-corrected chi connectivity index (χ4v) is 5.95. The van der Waals surface area contributed by atoms with Gasteiger partial charge in [0.25, 0.3) is 10.0 Å². The van der Waals surface area contributed by atoms with Crippen LogP contribution in [-0.4, -0.2) is 50.9 Å². The first kappa shape index (κ1) is 32.2. The largest absolute Gasteiger partial charge is 0.497 e. The predicted molar refractivity (Wildman–Crippen MR) is 163 cm³/mol. The van der Waals surface area contributed by atoms with Crippen molar-refractivity contribution in [2.75, 3.05) is 18.0 Å². The third kappa shape index (κ3) is 7.93. The molecule has 0 spiro atoms. The van der Waals surface area contributed by atoms with Crippen LogP contribution < -0.4 is 14.4 Å². The second-order valence-electron chi connectivity index (χ2n) is 9.74. The Morgan fingerprint density at radius 3 is 2.07 bits per heavy atom.